The van der Waals surface area contributed by atoms with E-state index in [1.54, 1.807) is 24.3 Å². The molecule has 2 unspecified atom stereocenters. The van der Waals surface area contributed by atoms with Crippen LogP contribution in [0.25, 0.3) is 0 Å². The van der Waals surface area contributed by atoms with Crippen LogP contribution in [0, 0.1) is 11.8 Å². The van der Waals surface area contributed by atoms with Crippen LogP contribution < -0.4 is 4.74 Å². The van der Waals surface area contributed by atoms with Gasteiger partial charge in [-0.15, -0.1) is 0 Å². The van der Waals surface area contributed by atoms with Crippen molar-refractivity contribution < 1.29 is 19.4 Å². The molecule has 4 heteroatoms. The minimum atomic E-state index is -0.853. The predicted octanol–water partition coefficient (Wildman–Crippen LogP) is 3.16. The van der Waals surface area contributed by atoms with Crippen molar-refractivity contribution in [3.05, 3.63) is 29.8 Å². The second-order valence-corrected chi connectivity index (χ2v) is 5.16. The number of ether oxygens (including phenoxy) is 1. The summed E-state index contributed by atoms with van der Waals surface area (Å²) in [5.74, 6) is -1.11. The second-order valence-electron chi connectivity index (χ2n) is 5.16. The highest BCUT2D eigenvalue weighted by molar-refractivity contribution is 6.00. The van der Waals surface area contributed by atoms with E-state index in [9.17, 15) is 14.7 Å². The van der Waals surface area contributed by atoms with Crippen LogP contribution in [-0.2, 0) is 4.79 Å². The first-order valence-electron chi connectivity index (χ1n) is 7.13. The molecule has 1 aromatic carbocycles. The number of aliphatic carboxylic acids is 1. The zero-order valence-electron chi connectivity index (χ0n) is 11.7. The summed E-state index contributed by atoms with van der Waals surface area (Å²) in [5.41, 5.74) is 0.576. The first-order chi connectivity index (χ1) is 9.63. The Hall–Kier alpha value is -1.84. The van der Waals surface area contributed by atoms with E-state index in [4.69, 9.17) is 4.74 Å². The maximum Gasteiger partial charge on any atom is 0.307 e. The SMILES string of the molecule is CCOc1ccc(C(=O)C2CCCCC2C(=O)O)cc1. The Labute approximate surface area is 118 Å². The Bertz CT molecular complexity index is 478. The maximum absolute atomic E-state index is 12.5. The summed E-state index contributed by atoms with van der Waals surface area (Å²) in [6, 6.07) is 6.96. The zero-order chi connectivity index (χ0) is 14.5. The summed E-state index contributed by atoms with van der Waals surface area (Å²) < 4.78 is 5.34. The molecule has 0 radical (unpaired) electrons. The van der Waals surface area contributed by atoms with E-state index in [1.807, 2.05) is 6.92 Å². The van der Waals surface area contributed by atoms with Crippen LogP contribution in [0.15, 0.2) is 24.3 Å². The minimum absolute atomic E-state index is 0.0554. The summed E-state index contributed by atoms with van der Waals surface area (Å²) in [5, 5.41) is 9.25. The van der Waals surface area contributed by atoms with Gasteiger partial charge < -0.3 is 9.84 Å². The van der Waals surface area contributed by atoms with Gasteiger partial charge in [0.05, 0.1) is 12.5 Å². The fraction of sp³-hybridized carbons (Fsp3) is 0.500. The number of rotatable bonds is 5. The van der Waals surface area contributed by atoms with E-state index in [-0.39, 0.29) is 11.7 Å². The molecular weight excluding hydrogens is 256 g/mol. The highest BCUT2D eigenvalue weighted by Crippen LogP contribution is 2.33. The lowest BCUT2D eigenvalue weighted by atomic mass is 9.75. The molecule has 20 heavy (non-hydrogen) atoms. The summed E-state index contributed by atoms with van der Waals surface area (Å²) >= 11 is 0. The fourth-order valence-corrected chi connectivity index (χ4v) is 2.84. The van der Waals surface area contributed by atoms with Crippen LogP contribution in [0.5, 0.6) is 5.75 Å². The number of hydrogen-bond donors (Lipinski definition) is 1. The number of benzene rings is 1. The van der Waals surface area contributed by atoms with Gasteiger partial charge in [-0.3, -0.25) is 9.59 Å². The number of carbonyl (C=O) groups excluding carboxylic acids is 1. The molecule has 1 aliphatic rings. The van der Waals surface area contributed by atoms with E-state index >= 15 is 0 Å². The molecule has 108 valence electrons. The van der Waals surface area contributed by atoms with Crippen molar-refractivity contribution >= 4 is 11.8 Å². The Morgan fingerprint density at radius 3 is 2.30 bits per heavy atom. The van der Waals surface area contributed by atoms with Gasteiger partial charge in [-0.05, 0) is 44.0 Å². The maximum atomic E-state index is 12.5. The molecule has 0 heterocycles. The summed E-state index contributed by atoms with van der Waals surface area (Å²) in [6.07, 6.45) is 3.09. The number of carbonyl (C=O) groups is 2. The van der Waals surface area contributed by atoms with Gasteiger partial charge in [0, 0.05) is 11.5 Å². The molecule has 1 saturated carbocycles. The number of ketones is 1. The third-order valence-electron chi connectivity index (χ3n) is 3.87. The highest BCUT2D eigenvalue weighted by Gasteiger charge is 2.35. The molecule has 4 nitrogen and oxygen atoms in total. The molecule has 0 aromatic heterocycles. The number of hydrogen-bond acceptors (Lipinski definition) is 3. The normalized spacial score (nSPS) is 22.2. The van der Waals surface area contributed by atoms with Crippen LogP contribution >= 0.6 is 0 Å². The van der Waals surface area contributed by atoms with Gasteiger partial charge in [0.15, 0.2) is 5.78 Å². The Balaban J connectivity index is 2.14. The van der Waals surface area contributed by atoms with Crippen LogP contribution in [0.1, 0.15) is 43.0 Å². The smallest absolute Gasteiger partial charge is 0.307 e. The third kappa shape index (κ3) is 3.18. The topological polar surface area (TPSA) is 63.6 Å². The largest absolute Gasteiger partial charge is 0.494 e. The van der Waals surface area contributed by atoms with Crippen molar-refractivity contribution in [1.29, 1.82) is 0 Å². The molecule has 0 spiro atoms. The molecule has 0 amide bonds. The van der Waals surface area contributed by atoms with E-state index in [1.165, 1.54) is 0 Å². The van der Waals surface area contributed by atoms with Gasteiger partial charge in [-0.25, -0.2) is 0 Å². The Morgan fingerprint density at radius 2 is 1.75 bits per heavy atom. The van der Waals surface area contributed by atoms with E-state index in [0.29, 0.717) is 25.0 Å². The summed E-state index contributed by atoms with van der Waals surface area (Å²) in [4.78, 5) is 23.7. The number of Topliss-reactive ketones (excluding diaryl/α,β-unsaturated/α-hetero) is 1. The molecular formula is C16H20O4. The molecule has 2 rings (SSSR count). The van der Waals surface area contributed by atoms with Gasteiger partial charge in [-0.2, -0.15) is 0 Å². The van der Waals surface area contributed by atoms with Crippen molar-refractivity contribution in [2.24, 2.45) is 11.8 Å². The van der Waals surface area contributed by atoms with Crippen molar-refractivity contribution in [3.8, 4) is 5.75 Å². The fourth-order valence-electron chi connectivity index (χ4n) is 2.84. The molecule has 0 aliphatic heterocycles. The van der Waals surface area contributed by atoms with Crippen molar-refractivity contribution in [1.82, 2.24) is 0 Å². The van der Waals surface area contributed by atoms with Crippen molar-refractivity contribution in [3.63, 3.8) is 0 Å². The van der Waals surface area contributed by atoms with Gasteiger partial charge >= 0.3 is 5.97 Å². The predicted molar refractivity (Wildman–Crippen MR) is 75.0 cm³/mol. The van der Waals surface area contributed by atoms with Crippen LogP contribution in [0.3, 0.4) is 0 Å². The lowest BCUT2D eigenvalue weighted by Crippen LogP contribution is -2.32. The third-order valence-corrected chi connectivity index (χ3v) is 3.87. The quantitative estimate of drug-likeness (QED) is 0.839. The van der Waals surface area contributed by atoms with E-state index in [0.717, 1.165) is 18.6 Å². The zero-order valence-corrected chi connectivity index (χ0v) is 11.7. The lowest BCUT2D eigenvalue weighted by molar-refractivity contribution is -0.144. The first-order valence-corrected chi connectivity index (χ1v) is 7.13. The second kappa shape index (κ2) is 6.55. The molecule has 1 N–H and O–H groups in total. The Kier molecular flexibility index (Phi) is 4.77. The van der Waals surface area contributed by atoms with Crippen molar-refractivity contribution in [2.75, 3.05) is 6.61 Å². The molecule has 2 atom stereocenters. The molecule has 1 fully saturated rings. The molecule has 1 aliphatic carbocycles. The van der Waals surface area contributed by atoms with Gasteiger partial charge in [0.1, 0.15) is 5.75 Å². The summed E-state index contributed by atoms with van der Waals surface area (Å²) in [6.45, 7) is 2.48. The standard InChI is InChI=1S/C16H20O4/c1-2-20-12-9-7-11(8-10-12)15(17)13-5-3-4-6-14(13)16(18)19/h7-10,13-14H,2-6H2,1H3,(H,18,19). The average molecular weight is 276 g/mol. The van der Waals surface area contributed by atoms with E-state index in [2.05, 4.69) is 0 Å². The van der Waals surface area contributed by atoms with Gasteiger partial charge in [-0.1, -0.05) is 12.8 Å². The van der Waals surface area contributed by atoms with Gasteiger partial charge in [0.2, 0.25) is 0 Å². The summed E-state index contributed by atoms with van der Waals surface area (Å²) in [7, 11) is 0. The molecule has 1 aromatic rings. The van der Waals surface area contributed by atoms with Gasteiger partial charge in [0.25, 0.3) is 0 Å². The van der Waals surface area contributed by atoms with Crippen LogP contribution in [0.2, 0.25) is 0 Å². The van der Waals surface area contributed by atoms with E-state index < -0.39 is 11.9 Å². The van der Waals surface area contributed by atoms with Crippen LogP contribution in [-0.4, -0.2) is 23.5 Å². The minimum Gasteiger partial charge on any atom is -0.494 e. The van der Waals surface area contributed by atoms with Crippen molar-refractivity contribution in [2.45, 2.75) is 32.6 Å². The highest BCUT2D eigenvalue weighted by atomic mass is 16.5. The molecule has 0 bridgehead atoms. The lowest BCUT2D eigenvalue weighted by Gasteiger charge is -2.27. The monoisotopic (exact) mass is 276 g/mol. The first kappa shape index (κ1) is 14.6. The van der Waals surface area contributed by atoms with Crippen LogP contribution in [0.4, 0.5) is 0 Å². The number of carboxylic acids is 1. The average Bonchev–Trinajstić information content (AvgIpc) is 2.47. The molecule has 0 saturated heterocycles. The number of carboxylic acid groups (broad SMARTS) is 1. The Morgan fingerprint density at radius 1 is 1.15 bits per heavy atom.